The number of thiazole rings is 1. The number of alkyl halides is 4. The second-order valence-electron chi connectivity index (χ2n) is 12.9. The van der Waals surface area contributed by atoms with E-state index in [-0.39, 0.29) is 57.7 Å². The maximum Gasteiger partial charge on any atom is 0.417 e. The molecular weight excluding hydrogens is 698 g/mol. The Morgan fingerprint density at radius 1 is 1.20 bits per heavy atom. The Balaban J connectivity index is 0.00000220. The summed E-state index contributed by atoms with van der Waals surface area (Å²) in [6, 6.07) is 1.54. The molecule has 0 spiro atoms. The lowest BCUT2D eigenvalue weighted by Crippen LogP contribution is -2.48. The summed E-state index contributed by atoms with van der Waals surface area (Å²) < 4.78 is 96.7. The number of nitrogens with two attached hydrogens (primary N) is 2. The predicted molar refractivity (Wildman–Crippen MR) is 183 cm³/mol. The summed E-state index contributed by atoms with van der Waals surface area (Å²) >= 11 is 0.730. The Morgan fingerprint density at radius 2 is 1.94 bits per heavy atom. The first kappa shape index (κ1) is 36.5. The second-order valence-corrected chi connectivity index (χ2v) is 14.0. The van der Waals surface area contributed by atoms with E-state index in [0.717, 1.165) is 42.2 Å². The molecule has 17 heteroatoms. The molecule has 3 aliphatic heterocycles. The van der Waals surface area contributed by atoms with Crippen LogP contribution in [0.4, 0.5) is 37.3 Å². The first-order valence-electron chi connectivity index (χ1n) is 16.8. The van der Waals surface area contributed by atoms with Gasteiger partial charge in [0.1, 0.15) is 29.9 Å². The highest BCUT2D eigenvalue weighted by Gasteiger charge is 2.49. The van der Waals surface area contributed by atoms with Crippen molar-refractivity contribution in [1.82, 2.24) is 24.8 Å². The molecule has 4 unspecified atom stereocenters. The normalized spacial score (nSPS) is 23.4. The van der Waals surface area contributed by atoms with Gasteiger partial charge in [-0.25, -0.2) is 18.2 Å². The highest BCUT2D eigenvalue weighted by atomic mass is 32.1. The second kappa shape index (κ2) is 13.7. The van der Waals surface area contributed by atoms with Gasteiger partial charge in [-0.05, 0) is 50.9 Å². The number of fused-ring (bicyclic) bond motifs is 3. The van der Waals surface area contributed by atoms with E-state index in [1.807, 2.05) is 18.7 Å². The molecule has 2 aromatic heterocycles. The number of benzene rings is 2. The number of halogens is 6. The third-order valence-electron chi connectivity index (χ3n) is 10.2. The SMILES string of the molecule is CC.CC1C(N(C)c2nc(OCC34CCCN3CC(F)C4)nc3c(F)c(-c4ccc(F)c5sc(N)nc45)c(C(F)(F)F)cc23)CCN1C(=O)C=[NH2+]. The molecule has 10 nitrogen and oxygen atoms in total. The predicted octanol–water partition coefficient (Wildman–Crippen LogP) is 5.02. The average Bonchev–Trinajstić information content (AvgIpc) is 3.86. The van der Waals surface area contributed by atoms with E-state index in [1.165, 1.54) is 4.90 Å². The zero-order valence-corrected chi connectivity index (χ0v) is 29.3. The lowest BCUT2D eigenvalue weighted by molar-refractivity contribution is -0.139. The Kier molecular flexibility index (Phi) is 9.82. The zero-order valence-electron chi connectivity index (χ0n) is 28.5. The van der Waals surface area contributed by atoms with Crippen LogP contribution in [0.25, 0.3) is 32.2 Å². The van der Waals surface area contributed by atoms with Crippen molar-refractivity contribution in [3.05, 3.63) is 35.4 Å². The van der Waals surface area contributed by atoms with Crippen molar-refractivity contribution in [2.24, 2.45) is 0 Å². The van der Waals surface area contributed by atoms with E-state index in [2.05, 4.69) is 15.0 Å². The first-order chi connectivity index (χ1) is 24.2. The number of amides is 1. The Morgan fingerprint density at radius 3 is 2.65 bits per heavy atom. The van der Waals surface area contributed by atoms with Gasteiger partial charge in [-0.15, -0.1) is 0 Å². The smallest absolute Gasteiger partial charge is 0.417 e. The van der Waals surface area contributed by atoms with Gasteiger partial charge in [0.05, 0.1) is 27.4 Å². The van der Waals surface area contributed by atoms with Crippen molar-refractivity contribution in [3.63, 3.8) is 0 Å². The molecule has 0 radical (unpaired) electrons. The van der Waals surface area contributed by atoms with Gasteiger partial charge in [0.15, 0.2) is 10.9 Å². The Labute approximate surface area is 294 Å². The maximum absolute atomic E-state index is 16.9. The number of likely N-dealkylation sites (N-methyl/N-ethyl adjacent to an activating group) is 1. The number of carbonyl (C=O) groups excluding carboxylic acids is 1. The van der Waals surface area contributed by atoms with Crippen LogP contribution < -0.4 is 20.8 Å². The molecule has 2 aromatic carbocycles. The maximum atomic E-state index is 16.9. The summed E-state index contributed by atoms with van der Waals surface area (Å²) in [6.07, 6.45) is -3.02. The molecule has 3 aliphatic rings. The number of likely N-dealkylation sites (tertiary alicyclic amines) is 1. The lowest BCUT2D eigenvalue weighted by Gasteiger charge is -2.33. The molecule has 7 rings (SSSR count). The van der Waals surface area contributed by atoms with Gasteiger partial charge in [0, 0.05) is 49.1 Å². The van der Waals surface area contributed by atoms with Crippen LogP contribution in [0.2, 0.25) is 0 Å². The van der Waals surface area contributed by atoms with Crippen LogP contribution in [-0.2, 0) is 11.0 Å². The first-order valence-corrected chi connectivity index (χ1v) is 17.6. The van der Waals surface area contributed by atoms with Gasteiger partial charge in [0.2, 0.25) is 6.21 Å². The zero-order chi connectivity index (χ0) is 37.0. The van der Waals surface area contributed by atoms with Gasteiger partial charge in [-0.2, -0.15) is 23.1 Å². The van der Waals surface area contributed by atoms with Crippen molar-refractivity contribution >= 4 is 55.5 Å². The minimum atomic E-state index is -5.07. The van der Waals surface area contributed by atoms with Crippen LogP contribution >= 0.6 is 11.3 Å². The molecule has 0 saturated carbocycles. The summed E-state index contributed by atoms with van der Waals surface area (Å²) in [4.78, 5) is 30.4. The van der Waals surface area contributed by atoms with Crippen molar-refractivity contribution in [2.75, 3.05) is 43.9 Å². The molecule has 5 heterocycles. The average molecular weight is 738 g/mol. The molecular formula is C34H39F6N8O2S+. The molecule has 274 valence electrons. The molecule has 4 atom stereocenters. The highest BCUT2D eigenvalue weighted by molar-refractivity contribution is 7.22. The monoisotopic (exact) mass is 737 g/mol. The third kappa shape index (κ3) is 6.32. The van der Waals surface area contributed by atoms with Crippen molar-refractivity contribution in [2.45, 2.75) is 76.4 Å². The fourth-order valence-corrected chi connectivity index (χ4v) is 8.62. The molecule has 0 bridgehead atoms. The van der Waals surface area contributed by atoms with E-state index in [1.54, 1.807) is 18.9 Å². The van der Waals surface area contributed by atoms with Crippen LogP contribution in [0.15, 0.2) is 18.2 Å². The van der Waals surface area contributed by atoms with Crippen LogP contribution in [0.1, 0.15) is 52.0 Å². The number of carbonyl (C=O) groups is 1. The van der Waals surface area contributed by atoms with Crippen molar-refractivity contribution < 1.29 is 41.3 Å². The fourth-order valence-electron chi connectivity index (χ4n) is 7.86. The third-order valence-corrected chi connectivity index (χ3v) is 11.1. The van der Waals surface area contributed by atoms with E-state index in [0.29, 0.717) is 25.9 Å². The summed E-state index contributed by atoms with van der Waals surface area (Å²) in [6.45, 7) is 7.04. The lowest BCUT2D eigenvalue weighted by atomic mass is 9.94. The van der Waals surface area contributed by atoms with Crippen LogP contribution in [-0.4, -0.2) is 94.0 Å². The quantitative estimate of drug-likeness (QED) is 0.200. The number of nitrogen functional groups attached to an aromatic ring is 1. The number of hydrogen-bond acceptors (Lipinski definition) is 9. The largest absolute Gasteiger partial charge is 0.461 e. The van der Waals surface area contributed by atoms with Gasteiger partial charge in [-0.3, -0.25) is 15.1 Å². The molecule has 3 saturated heterocycles. The summed E-state index contributed by atoms with van der Waals surface area (Å²) in [7, 11) is 1.59. The summed E-state index contributed by atoms with van der Waals surface area (Å²) in [5.74, 6) is -2.58. The molecule has 0 aliphatic carbocycles. The van der Waals surface area contributed by atoms with Crippen LogP contribution in [0.5, 0.6) is 6.01 Å². The Bertz CT molecular complexity index is 1990. The topological polar surface area (TPSA) is 126 Å². The molecule has 51 heavy (non-hydrogen) atoms. The number of hydrogen-bond donors (Lipinski definition) is 2. The van der Waals surface area contributed by atoms with Crippen molar-refractivity contribution in [1.29, 1.82) is 0 Å². The molecule has 4 N–H and O–H groups in total. The number of ether oxygens (including phenoxy) is 1. The number of anilines is 2. The van der Waals surface area contributed by atoms with E-state index in [4.69, 9.17) is 15.9 Å². The standard InChI is InChI=1S/C32H32F6N8O2S.C2H6/c1-15-21(6-9-46(15)22(47)12-39)44(2)28-18-10-19(32(36,37)38)23(17-4-5-20(34)27-26(17)41-29(40)49-27)24(35)25(18)42-30(43-28)48-14-31-7-3-8-45(31)13-16(33)11-31;1-2/h4-5,10,12,15-16,21,39H,3,6-9,11,13-14H2,1-2H3,(H2,40,41);1-2H3/p+1. The van der Waals surface area contributed by atoms with E-state index < -0.39 is 64.2 Å². The minimum absolute atomic E-state index is 0.0116. The molecule has 3 fully saturated rings. The highest BCUT2D eigenvalue weighted by Crippen LogP contribution is 2.47. The summed E-state index contributed by atoms with van der Waals surface area (Å²) in [5, 5.41) is 5.12. The number of aromatic nitrogens is 3. The summed E-state index contributed by atoms with van der Waals surface area (Å²) in [5.41, 5.74) is 1.94. The van der Waals surface area contributed by atoms with Gasteiger partial charge >= 0.3 is 18.1 Å². The van der Waals surface area contributed by atoms with E-state index >= 15 is 4.39 Å². The fraction of sp³-hybridized carbons (Fsp3) is 0.500. The Hall–Kier alpha value is -4.25. The van der Waals surface area contributed by atoms with Crippen molar-refractivity contribution in [3.8, 4) is 17.1 Å². The number of rotatable bonds is 7. The van der Waals surface area contributed by atoms with Crippen LogP contribution in [0.3, 0.4) is 0 Å². The minimum Gasteiger partial charge on any atom is -0.461 e. The van der Waals surface area contributed by atoms with Gasteiger partial charge in [-0.1, -0.05) is 25.2 Å². The van der Waals surface area contributed by atoms with Gasteiger partial charge < -0.3 is 20.3 Å². The van der Waals surface area contributed by atoms with Gasteiger partial charge in [0.25, 0.3) is 0 Å². The van der Waals surface area contributed by atoms with Crippen LogP contribution in [0, 0.1) is 11.6 Å². The van der Waals surface area contributed by atoms with E-state index in [9.17, 15) is 26.7 Å². The number of nitrogens with zero attached hydrogens (tertiary/aromatic N) is 6. The molecule has 1 amide bonds. The molecule has 4 aromatic rings.